The van der Waals surface area contributed by atoms with Crippen LogP contribution in [0.4, 0.5) is 5.69 Å². The van der Waals surface area contributed by atoms with Crippen LogP contribution in [0.5, 0.6) is 5.75 Å². The molecule has 1 aliphatic heterocycles. The number of Topliss-reactive ketones (excluding diaryl/α,β-unsaturated/α-hetero) is 1. The van der Waals surface area contributed by atoms with Gasteiger partial charge in [0.25, 0.3) is 11.7 Å². The molecule has 1 saturated heterocycles. The molecule has 5 heteroatoms. The Morgan fingerprint density at radius 1 is 0.943 bits per heavy atom. The number of amides is 1. The van der Waals surface area contributed by atoms with E-state index in [0.717, 1.165) is 36.8 Å². The monoisotopic (exact) mass is 467 g/mol. The van der Waals surface area contributed by atoms with Crippen molar-refractivity contribution in [1.29, 1.82) is 0 Å². The highest BCUT2D eigenvalue weighted by molar-refractivity contribution is 6.51. The lowest BCUT2D eigenvalue weighted by atomic mass is 9.88. The number of ether oxygens (including phenoxy) is 1. The average Bonchev–Trinajstić information content (AvgIpc) is 3.14. The number of nitrogens with zero attached hydrogens (tertiary/aromatic N) is 1. The summed E-state index contributed by atoms with van der Waals surface area (Å²) in [4.78, 5) is 28.6. The van der Waals surface area contributed by atoms with Crippen molar-refractivity contribution < 1.29 is 19.4 Å². The van der Waals surface area contributed by atoms with Gasteiger partial charge in [-0.05, 0) is 80.0 Å². The number of benzene rings is 3. The predicted molar refractivity (Wildman–Crippen MR) is 137 cm³/mol. The first-order chi connectivity index (χ1) is 16.9. The van der Waals surface area contributed by atoms with Crippen molar-refractivity contribution in [3.8, 4) is 5.75 Å². The minimum atomic E-state index is -0.817. The van der Waals surface area contributed by atoms with E-state index >= 15 is 0 Å². The Morgan fingerprint density at radius 2 is 1.69 bits per heavy atom. The number of hydrogen-bond acceptors (Lipinski definition) is 4. The highest BCUT2D eigenvalue weighted by Gasteiger charge is 2.48. The first kappa shape index (κ1) is 22.9. The largest absolute Gasteiger partial charge is 0.507 e. The van der Waals surface area contributed by atoms with Crippen molar-refractivity contribution in [3.63, 3.8) is 0 Å². The number of para-hydroxylation sites is 1. The van der Waals surface area contributed by atoms with E-state index in [2.05, 4.69) is 0 Å². The van der Waals surface area contributed by atoms with Crippen LogP contribution in [-0.4, -0.2) is 23.9 Å². The summed E-state index contributed by atoms with van der Waals surface area (Å²) in [7, 11) is 1.56. The molecule has 0 saturated carbocycles. The maximum Gasteiger partial charge on any atom is 0.300 e. The number of carbonyl (C=O) groups is 2. The van der Waals surface area contributed by atoms with Gasteiger partial charge in [0.1, 0.15) is 11.5 Å². The van der Waals surface area contributed by atoms with E-state index in [-0.39, 0.29) is 11.3 Å². The standard InChI is InChI=1S/C30H29NO4/c1-18-12-13-19(2)24(16-18)31-27(23-10-6-7-11-25(23)35-3)26(29(33)30(31)34)28(32)22-15-14-20-8-4-5-9-21(20)17-22/h6-7,10-17,27,32H,4-5,8-9H2,1-3H3/b28-26+. The first-order valence-corrected chi connectivity index (χ1v) is 12.0. The van der Waals surface area contributed by atoms with Gasteiger partial charge >= 0.3 is 0 Å². The molecule has 1 heterocycles. The second-order valence-electron chi connectivity index (χ2n) is 9.39. The molecule has 35 heavy (non-hydrogen) atoms. The zero-order valence-electron chi connectivity index (χ0n) is 20.3. The summed E-state index contributed by atoms with van der Waals surface area (Å²) in [6, 6.07) is 18.2. The second kappa shape index (κ2) is 9.06. The number of aryl methyl sites for hydroxylation is 4. The Bertz CT molecular complexity index is 1370. The molecular weight excluding hydrogens is 438 g/mol. The van der Waals surface area contributed by atoms with Gasteiger partial charge in [0.15, 0.2) is 0 Å². The molecule has 2 aliphatic rings. The highest BCUT2D eigenvalue weighted by Crippen LogP contribution is 2.46. The van der Waals surface area contributed by atoms with Crippen molar-refractivity contribution in [3.05, 3.63) is 99.6 Å². The van der Waals surface area contributed by atoms with E-state index in [9.17, 15) is 14.7 Å². The molecule has 5 nitrogen and oxygen atoms in total. The lowest BCUT2D eigenvalue weighted by molar-refractivity contribution is -0.132. The topological polar surface area (TPSA) is 66.8 Å². The van der Waals surface area contributed by atoms with Crippen molar-refractivity contribution in [2.45, 2.75) is 45.6 Å². The van der Waals surface area contributed by atoms with Crippen molar-refractivity contribution in [2.75, 3.05) is 12.0 Å². The van der Waals surface area contributed by atoms with Crippen LogP contribution in [0.1, 0.15) is 52.3 Å². The smallest absolute Gasteiger partial charge is 0.300 e. The third-order valence-electron chi connectivity index (χ3n) is 7.12. The van der Waals surface area contributed by atoms with Gasteiger partial charge in [0.2, 0.25) is 0 Å². The summed E-state index contributed by atoms with van der Waals surface area (Å²) in [6.07, 6.45) is 4.24. The van der Waals surface area contributed by atoms with Crippen LogP contribution in [0, 0.1) is 13.8 Å². The highest BCUT2D eigenvalue weighted by atomic mass is 16.5. The summed E-state index contributed by atoms with van der Waals surface area (Å²) in [6.45, 7) is 3.86. The first-order valence-electron chi connectivity index (χ1n) is 12.0. The molecule has 3 aromatic rings. The number of aliphatic hydroxyl groups excluding tert-OH is 1. The molecule has 0 radical (unpaired) electrons. The fraction of sp³-hybridized carbons (Fsp3) is 0.267. The third-order valence-corrected chi connectivity index (χ3v) is 7.12. The Balaban J connectivity index is 1.75. The quantitative estimate of drug-likeness (QED) is 0.298. The lowest BCUT2D eigenvalue weighted by Gasteiger charge is -2.28. The second-order valence-corrected chi connectivity index (χ2v) is 9.39. The zero-order chi connectivity index (χ0) is 24.7. The number of rotatable bonds is 4. The normalized spacial score (nSPS) is 19.1. The lowest BCUT2D eigenvalue weighted by Crippen LogP contribution is -2.30. The average molecular weight is 468 g/mol. The maximum atomic E-state index is 13.5. The van der Waals surface area contributed by atoms with E-state index in [1.807, 2.05) is 68.4 Å². The number of carbonyl (C=O) groups excluding carboxylic acids is 2. The number of hydrogen-bond donors (Lipinski definition) is 1. The summed E-state index contributed by atoms with van der Waals surface area (Å²) >= 11 is 0. The molecular formula is C30H29NO4. The van der Waals surface area contributed by atoms with Crippen molar-refractivity contribution in [1.82, 2.24) is 0 Å². The molecule has 5 rings (SSSR count). The van der Waals surface area contributed by atoms with Gasteiger partial charge in [0, 0.05) is 16.8 Å². The van der Waals surface area contributed by atoms with Crippen LogP contribution >= 0.6 is 0 Å². The van der Waals surface area contributed by atoms with E-state index in [1.165, 1.54) is 16.0 Å². The molecule has 0 spiro atoms. The van der Waals surface area contributed by atoms with Gasteiger partial charge in [-0.2, -0.15) is 0 Å². The van der Waals surface area contributed by atoms with Crippen LogP contribution in [0.2, 0.25) is 0 Å². The third kappa shape index (κ3) is 3.91. The minimum Gasteiger partial charge on any atom is -0.507 e. The molecule has 0 bridgehead atoms. The van der Waals surface area contributed by atoms with Gasteiger partial charge in [-0.15, -0.1) is 0 Å². The fourth-order valence-corrected chi connectivity index (χ4v) is 5.28. The van der Waals surface area contributed by atoms with Crippen LogP contribution in [0.3, 0.4) is 0 Å². The van der Waals surface area contributed by atoms with Gasteiger partial charge in [-0.1, -0.05) is 42.5 Å². The number of fused-ring (bicyclic) bond motifs is 1. The van der Waals surface area contributed by atoms with Crippen molar-refractivity contribution >= 4 is 23.1 Å². The molecule has 1 N–H and O–H groups in total. The van der Waals surface area contributed by atoms with E-state index in [4.69, 9.17) is 4.74 Å². The number of anilines is 1. The Morgan fingerprint density at radius 3 is 2.46 bits per heavy atom. The predicted octanol–water partition coefficient (Wildman–Crippen LogP) is 5.82. The Hall–Kier alpha value is -3.86. The van der Waals surface area contributed by atoms with Crippen LogP contribution in [0.15, 0.2) is 66.2 Å². The number of ketones is 1. The molecule has 1 unspecified atom stereocenters. The summed E-state index contributed by atoms with van der Waals surface area (Å²) in [5.74, 6) is -0.961. The van der Waals surface area contributed by atoms with Crippen LogP contribution < -0.4 is 9.64 Å². The van der Waals surface area contributed by atoms with Crippen LogP contribution in [-0.2, 0) is 22.4 Å². The molecule has 1 atom stereocenters. The molecule has 178 valence electrons. The van der Waals surface area contributed by atoms with E-state index < -0.39 is 17.7 Å². The Labute approximate surface area is 205 Å². The maximum absolute atomic E-state index is 13.5. The molecule has 3 aromatic carbocycles. The van der Waals surface area contributed by atoms with Gasteiger partial charge < -0.3 is 9.84 Å². The molecule has 1 aliphatic carbocycles. The molecule has 1 amide bonds. The van der Waals surface area contributed by atoms with Gasteiger partial charge in [-0.3, -0.25) is 14.5 Å². The molecule has 1 fully saturated rings. The SMILES string of the molecule is COc1ccccc1C1/C(=C(\O)c2ccc3c(c2)CCCC3)C(=O)C(=O)N1c1cc(C)ccc1C. The number of methoxy groups -OCH3 is 1. The van der Waals surface area contributed by atoms with Gasteiger partial charge in [0.05, 0.1) is 18.7 Å². The van der Waals surface area contributed by atoms with Gasteiger partial charge in [-0.25, -0.2) is 0 Å². The fourth-order valence-electron chi connectivity index (χ4n) is 5.28. The molecule has 0 aromatic heterocycles. The Kier molecular flexibility index (Phi) is 5.93. The zero-order valence-corrected chi connectivity index (χ0v) is 20.3. The van der Waals surface area contributed by atoms with Crippen LogP contribution in [0.25, 0.3) is 5.76 Å². The summed E-state index contributed by atoms with van der Waals surface area (Å²) in [5, 5.41) is 11.5. The van der Waals surface area contributed by atoms with Crippen molar-refractivity contribution in [2.24, 2.45) is 0 Å². The van der Waals surface area contributed by atoms with E-state index in [1.54, 1.807) is 13.2 Å². The summed E-state index contributed by atoms with van der Waals surface area (Å²) in [5.41, 5.74) is 6.25. The summed E-state index contributed by atoms with van der Waals surface area (Å²) < 4.78 is 5.62. The minimum absolute atomic E-state index is 0.0798. The number of aliphatic hydroxyl groups is 1. The van der Waals surface area contributed by atoms with E-state index in [0.29, 0.717) is 22.6 Å².